The van der Waals surface area contributed by atoms with Crippen molar-refractivity contribution in [1.82, 2.24) is 25.1 Å². The fourth-order valence-corrected chi connectivity index (χ4v) is 3.91. The van der Waals surface area contributed by atoms with Crippen molar-refractivity contribution in [2.75, 3.05) is 6.54 Å². The van der Waals surface area contributed by atoms with E-state index in [1.165, 1.54) is 24.8 Å². The van der Waals surface area contributed by atoms with Gasteiger partial charge >= 0.3 is 0 Å². The van der Waals surface area contributed by atoms with E-state index in [9.17, 15) is 9.18 Å². The quantitative estimate of drug-likeness (QED) is 0.293. The number of fused-ring (bicyclic) bond motifs is 1. The van der Waals surface area contributed by atoms with Crippen molar-refractivity contribution in [2.24, 2.45) is 0 Å². The number of hydrogen-bond donors (Lipinski definition) is 1. The molecule has 35 heavy (non-hydrogen) atoms. The van der Waals surface area contributed by atoms with Crippen LogP contribution in [0.2, 0.25) is 15.1 Å². The van der Waals surface area contributed by atoms with E-state index in [-0.39, 0.29) is 27.3 Å². The molecular formula is C24H17Cl3FN5O2. The number of nitrogens with one attached hydrogen (secondary N) is 1. The number of carbonyl (C=O) groups is 1. The van der Waals surface area contributed by atoms with E-state index >= 15 is 0 Å². The number of nitrogens with zero attached hydrogens (tertiary/aromatic N) is 4. The summed E-state index contributed by atoms with van der Waals surface area (Å²) in [6, 6.07) is 16.4. The number of carbonyl (C=O) groups excluding carboxylic acids is 1. The molecule has 3 aromatic carbocycles. The first kappa shape index (κ1) is 24.7. The molecule has 5 aromatic rings. The molecule has 7 nitrogen and oxygen atoms in total. The maximum atomic E-state index is 12.5. The number of halogens is 4. The predicted octanol–water partition coefficient (Wildman–Crippen LogP) is 6.17. The van der Waals surface area contributed by atoms with Gasteiger partial charge in [-0.2, -0.15) is 0 Å². The van der Waals surface area contributed by atoms with Gasteiger partial charge in [-0.1, -0.05) is 53.0 Å². The zero-order valence-corrected chi connectivity index (χ0v) is 20.2. The van der Waals surface area contributed by atoms with Gasteiger partial charge in [-0.25, -0.2) is 9.37 Å². The van der Waals surface area contributed by atoms with E-state index in [1.807, 2.05) is 0 Å². The summed E-state index contributed by atoms with van der Waals surface area (Å²) in [5.74, 6) is -0.0651. The van der Waals surface area contributed by atoms with Gasteiger partial charge in [0.15, 0.2) is 11.5 Å². The van der Waals surface area contributed by atoms with Crippen molar-refractivity contribution in [3.05, 3.63) is 106 Å². The average molecular weight is 533 g/mol. The fraction of sp³-hybridized carbons (Fsp3) is 0.0833. The highest BCUT2D eigenvalue weighted by atomic mass is 35.5. The molecule has 0 aliphatic rings. The van der Waals surface area contributed by atoms with Crippen molar-refractivity contribution in [2.45, 2.75) is 6.42 Å². The minimum Gasteiger partial charge on any atom is -0.441 e. The van der Waals surface area contributed by atoms with Crippen LogP contribution >= 0.6 is 34.8 Å². The average Bonchev–Trinajstić information content (AvgIpc) is 3.49. The minimum atomic E-state index is -0.385. The molecule has 178 valence electrons. The molecule has 1 amide bonds. The van der Waals surface area contributed by atoms with Crippen molar-refractivity contribution < 1.29 is 13.6 Å². The van der Waals surface area contributed by atoms with E-state index in [0.29, 0.717) is 40.7 Å². The molecule has 0 saturated carbocycles. The van der Waals surface area contributed by atoms with Crippen molar-refractivity contribution >= 4 is 51.8 Å². The molecule has 0 spiro atoms. The molecule has 11 heteroatoms. The third-order valence-electron chi connectivity index (χ3n) is 4.72. The van der Waals surface area contributed by atoms with Gasteiger partial charge in [0, 0.05) is 24.1 Å². The number of benzene rings is 3. The zero-order valence-electron chi connectivity index (χ0n) is 18.0. The Labute approximate surface area is 214 Å². The number of aromatic nitrogens is 4. The first-order chi connectivity index (χ1) is 16.9. The standard InChI is InChI=1S/C18H12Cl3N5O2.C6H5F/c19-10-1-2-14-15(5-10)28-16(25-14)3-4-22-18(27)17-12(20)6-11(7-13(17)21)26-8-23-24-9-26;7-6-4-2-1-3-5-6/h1-2,5-9H,3-4H2,(H,22,27);1-5H. The molecule has 0 saturated heterocycles. The van der Waals surface area contributed by atoms with Crippen molar-refractivity contribution in [3.63, 3.8) is 0 Å². The maximum absolute atomic E-state index is 12.5. The topological polar surface area (TPSA) is 85.8 Å². The number of amides is 1. The van der Waals surface area contributed by atoms with Crippen LogP contribution in [0.1, 0.15) is 16.2 Å². The Morgan fingerprint density at radius 2 is 1.66 bits per heavy atom. The van der Waals surface area contributed by atoms with Crippen LogP contribution in [0.5, 0.6) is 0 Å². The molecular weight excluding hydrogens is 516 g/mol. The van der Waals surface area contributed by atoms with E-state index in [4.69, 9.17) is 39.2 Å². The molecule has 0 atom stereocenters. The van der Waals surface area contributed by atoms with Gasteiger partial charge in [-0.05, 0) is 36.4 Å². The summed E-state index contributed by atoms with van der Waals surface area (Å²) in [4.78, 5) is 16.9. The Hall–Kier alpha value is -3.46. The van der Waals surface area contributed by atoms with Crippen LogP contribution < -0.4 is 5.32 Å². The second kappa shape index (κ2) is 11.3. The zero-order chi connectivity index (χ0) is 24.8. The van der Waals surface area contributed by atoms with Crippen LogP contribution in [0.4, 0.5) is 4.39 Å². The lowest BCUT2D eigenvalue weighted by molar-refractivity contribution is 0.0954. The lowest BCUT2D eigenvalue weighted by Crippen LogP contribution is -2.26. The molecule has 0 bridgehead atoms. The first-order valence-corrected chi connectivity index (χ1v) is 11.4. The SMILES string of the molecule is Fc1ccccc1.O=C(NCCc1nc2ccc(Cl)cc2o1)c1c(Cl)cc(-n2cnnc2)cc1Cl. The van der Waals surface area contributed by atoms with Crippen molar-refractivity contribution in [1.29, 1.82) is 0 Å². The maximum Gasteiger partial charge on any atom is 0.254 e. The number of oxazole rings is 1. The first-order valence-electron chi connectivity index (χ1n) is 10.3. The summed E-state index contributed by atoms with van der Waals surface area (Å²) in [6.45, 7) is 0.305. The summed E-state index contributed by atoms with van der Waals surface area (Å²) < 4.78 is 19.2. The monoisotopic (exact) mass is 531 g/mol. The normalized spacial score (nSPS) is 10.6. The van der Waals surface area contributed by atoms with Gasteiger partial charge in [0.2, 0.25) is 0 Å². The predicted molar refractivity (Wildman–Crippen MR) is 133 cm³/mol. The molecule has 1 N–H and O–H groups in total. The Morgan fingerprint density at radius 1 is 0.971 bits per heavy atom. The summed E-state index contributed by atoms with van der Waals surface area (Å²) in [5.41, 5.74) is 2.16. The Kier molecular flexibility index (Phi) is 7.97. The van der Waals surface area contributed by atoms with Crippen LogP contribution in [0, 0.1) is 5.82 Å². The smallest absolute Gasteiger partial charge is 0.254 e. The van der Waals surface area contributed by atoms with Crippen molar-refractivity contribution in [3.8, 4) is 5.69 Å². The van der Waals surface area contributed by atoms with E-state index in [1.54, 1.807) is 53.1 Å². The van der Waals surface area contributed by atoms with Crippen LogP contribution in [-0.2, 0) is 6.42 Å². The summed E-state index contributed by atoms with van der Waals surface area (Å²) in [5, 5.41) is 11.3. The highest BCUT2D eigenvalue weighted by molar-refractivity contribution is 6.40. The van der Waals surface area contributed by atoms with Gasteiger partial charge < -0.3 is 9.73 Å². The lowest BCUT2D eigenvalue weighted by Gasteiger charge is -2.10. The van der Waals surface area contributed by atoms with Gasteiger partial charge in [0.25, 0.3) is 5.91 Å². The highest BCUT2D eigenvalue weighted by Gasteiger charge is 2.17. The van der Waals surface area contributed by atoms with E-state index in [0.717, 1.165) is 0 Å². The summed E-state index contributed by atoms with van der Waals surface area (Å²) >= 11 is 18.5. The molecule has 2 aromatic heterocycles. The molecule has 0 aliphatic heterocycles. The van der Waals surface area contributed by atoms with Gasteiger partial charge in [-0.3, -0.25) is 9.36 Å². The second-order valence-electron chi connectivity index (χ2n) is 7.17. The molecule has 5 rings (SSSR count). The minimum absolute atomic E-state index is 0.178. The largest absolute Gasteiger partial charge is 0.441 e. The number of rotatable bonds is 5. The third kappa shape index (κ3) is 6.36. The lowest BCUT2D eigenvalue weighted by atomic mass is 10.2. The van der Waals surface area contributed by atoms with Crippen LogP contribution in [-0.4, -0.2) is 32.2 Å². The van der Waals surface area contributed by atoms with E-state index in [2.05, 4.69) is 20.5 Å². The van der Waals surface area contributed by atoms with Gasteiger partial charge in [0.1, 0.15) is 24.0 Å². The molecule has 0 radical (unpaired) electrons. The highest BCUT2D eigenvalue weighted by Crippen LogP contribution is 2.28. The molecule has 0 aliphatic carbocycles. The summed E-state index contributed by atoms with van der Waals surface area (Å²) in [6.07, 6.45) is 3.43. The fourth-order valence-electron chi connectivity index (χ4n) is 3.10. The number of hydrogen-bond acceptors (Lipinski definition) is 5. The summed E-state index contributed by atoms with van der Waals surface area (Å²) in [7, 11) is 0. The third-order valence-corrected chi connectivity index (χ3v) is 5.55. The molecule has 0 fully saturated rings. The second-order valence-corrected chi connectivity index (χ2v) is 8.43. The van der Waals surface area contributed by atoms with Crippen LogP contribution in [0.25, 0.3) is 16.8 Å². The van der Waals surface area contributed by atoms with Gasteiger partial charge in [-0.15, -0.1) is 10.2 Å². The molecule has 2 heterocycles. The Morgan fingerprint density at radius 3 is 2.29 bits per heavy atom. The van der Waals surface area contributed by atoms with Crippen LogP contribution in [0.3, 0.4) is 0 Å². The Bertz CT molecular complexity index is 1420. The molecule has 0 unspecified atom stereocenters. The van der Waals surface area contributed by atoms with E-state index < -0.39 is 0 Å². The van der Waals surface area contributed by atoms with Crippen LogP contribution in [0.15, 0.2) is 77.7 Å². The van der Waals surface area contributed by atoms with Gasteiger partial charge in [0.05, 0.1) is 21.3 Å². The Balaban J connectivity index is 0.000000356.